The van der Waals surface area contributed by atoms with Gasteiger partial charge in [-0.15, -0.1) is 0 Å². The number of hydrogen-bond donors (Lipinski definition) is 4. The summed E-state index contributed by atoms with van der Waals surface area (Å²) < 4.78 is 24.0. The molecule has 1 aromatic rings. The molecule has 0 aliphatic carbocycles. The molecule has 0 aliphatic heterocycles. The van der Waals surface area contributed by atoms with Gasteiger partial charge in [0.1, 0.15) is 0 Å². The molecule has 1 rings (SSSR count). The van der Waals surface area contributed by atoms with Crippen LogP contribution in [0.1, 0.15) is 20.3 Å². The van der Waals surface area contributed by atoms with Crippen LogP contribution in [0.2, 0.25) is 0 Å². The van der Waals surface area contributed by atoms with Crippen molar-refractivity contribution in [1.82, 2.24) is 0 Å². The highest BCUT2D eigenvalue weighted by atomic mass is 32.2. The van der Waals surface area contributed by atoms with Gasteiger partial charge in [-0.05, 0) is 24.1 Å². The number of carbonyl (C=O) groups excluding carboxylic acids is 1. The summed E-state index contributed by atoms with van der Waals surface area (Å²) in [6.07, 6.45) is 0.793. The molecular weight excluding hydrogens is 280 g/mol. The third-order valence-electron chi connectivity index (χ3n) is 2.95. The monoisotopic (exact) mass is 300 g/mol. The van der Waals surface area contributed by atoms with Gasteiger partial charge in [-0.3, -0.25) is 9.52 Å². The van der Waals surface area contributed by atoms with Gasteiger partial charge < -0.3 is 11.1 Å². The van der Waals surface area contributed by atoms with Gasteiger partial charge in [0.15, 0.2) is 0 Å². The van der Waals surface area contributed by atoms with Crippen molar-refractivity contribution >= 4 is 27.5 Å². The minimum Gasteiger partial charge on any atom is -0.325 e. The van der Waals surface area contributed by atoms with Crippen molar-refractivity contribution in [2.24, 2.45) is 16.8 Å². The topological polar surface area (TPSA) is 127 Å². The van der Waals surface area contributed by atoms with E-state index in [1.165, 1.54) is 12.1 Å². The highest BCUT2D eigenvalue weighted by molar-refractivity contribution is 7.90. The molecule has 0 saturated heterocycles. The number of anilines is 2. The third kappa shape index (κ3) is 5.16. The van der Waals surface area contributed by atoms with Gasteiger partial charge in [-0.2, -0.15) is 8.42 Å². The van der Waals surface area contributed by atoms with Gasteiger partial charge >= 0.3 is 0 Å². The molecule has 0 heterocycles. The molecule has 8 heteroatoms. The normalized spacial score (nSPS) is 14.4. The quantitative estimate of drug-likeness (QED) is 0.613. The molecule has 0 saturated carbocycles. The Morgan fingerprint density at radius 3 is 2.50 bits per heavy atom. The molecular formula is C12H20N4O3S. The molecule has 2 unspecified atom stereocenters. The Bertz CT molecular complexity index is 574. The minimum atomic E-state index is -3.84. The second-order valence-corrected chi connectivity index (χ2v) is 5.92. The third-order valence-corrected chi connectivity index (χ3v) is 3.47. The molecule has 6 N–H and O–H groups in total. The Morgan fingerprint density at radius 1 is 1.35 bits per heavy atom. The lowest BCUT2D eigenvalue weighted by Crippen LogP contribution is -2.40. The lowest BCUT2D eigenvalue weighted by Gasteiger charge is -2.18. The summed E-state index contributed by atoms with van der Waals surface area (Å²) in [6, 6.07) is 5.60. The highest BCUT2D eigenvalue weighted by Crippen LogP contribution is 2.16. The molecule has 0 bridgehead atoms. The zero-order chi connectivity index (χ0) is 15.3. The predicted octanol–water partition coefficient (Wildman–Crippen LogP) is 0.614. The summed E-state index contributed by atoms with van der Waals surface area (Å²) in [5.41, 5.74) is 6.53. The first-order valence-corrected chi connectivity index (χ1v) is 7.74. The van der Waals surface area contributed by atoms with Crippen LogP contribution >= 0.6 is 0 Å². The van der Waals surface area contributed by atoms with E-state index in [1.807, 2.05) is 13.8 Å². The molecule has 7 nitrogen and oxygen atoms in total. The van der Waals surface area contributed by atoms with E-state index in [0.29, 0.717) is 5.69 Å². The van der Waals surface area contributed by atoms with Gasteiger partial charge in [0, 0.05) is 5.69 Å². The zero-order valence-electron chi connectivity index (χ0n) is 11.5. The molecule has 1 aromatic carbocycles. The fraction of sp³-hybridized carbons (Fsp3) is 0.417. The number of carbonyl (C=O) groups is 1. The van der Waals surface area contributed by atoms with Crippen LogP contribution in [0.3, 0.4) is 0 Å². The van der Waals surface area contributed by atoms with Crippen molar-refractivity contribution < 1.29 is 13.2 Å². The Labute approximate surface area is 118 Å². The second-order valence-electron chi connectivity index (χ2n) is 4.63. The fourth-order valence-electron chi connectivity index (χ4n) is 1.56. The largest absolute Gasteiger partial charge is 0.325 e. The van der Waals surface area contributed by atoms with Crippen LogP contribution < -0.4 is 20.9 Å². The summed E-state index contributed by atoms with van der Waals surface area (Å²) in [5.74, 6) is -0.257. The first-order chi connectivity index (χ1) is 9.23. The number of nitrogens with two attached hydrogens (primary N) is 2. The van der Waals surface area contributed by atoms with Crippen LogP contribution in [0.5, 0.6) is 0 Å². The van der Waals surface area contributed by atoms with Crippen LogP contribution in [0.4, 0.5) is 11.4 Å². The van der Waals surface area contributed by atoms with Crippen molar-refractivity contribution in [2.75, 3.05) is 10.0 Å². The van der Waals surface area contributed by atoms with Crippen molar-refractivity contribution in [3.8, 4) is 0 Å². The molecule has 20 heavy (non-hydrogen) atoms. The first kappa shape index (κ1) is 16.4. The maximum absolute atomic E-state index is 11.9. The summed E-state index contributed by atoms with van der Waals surface area (Å²) in [6.45, 7) is 3.84. The zero-order valence-corrected chi connectivity index (χ0v) is 12.3. The Kier molecular flexibility index (Phi) is 5.49. The number of rotatable bonds is 6. The molecule has 0 spiro atoms. The van der Waals surface area contributed by atoms with E-state index in [0.717, 1.165) is 6.42 Å². The van der Waals surface area contributed by atoms with Crippen LogP contribution in [-0.4, -0.2) is 20.4 Å². The van der Waals surface area contributed by atoms with Crippen LogP contribution in [0.25, 0.3) is 0 Å². The fourth-order valence-corrected chi connectivity index (χ4v) is 2.02. The van der Waals surface area contributed by atoms with E-state index in [-0.39, 0.29) is 17.5 Å². The highest BCUT2D eigenvalue weighted by Gasteiger charge is 2.19. The summed E-state index contributed by atoms with van der Waals surface area (Å²) in [7, 11) is -3.84. The number of hydrogen-bond acceptors (Lipinski definition) is 4. The summed E-state index contributed by atoms with van der Waals surface area (Å²) in [4.78, 5) is 11.9. The molecule has 112 valence electrons. The smallest absolute Gasteiger partial charge is 0.296 e. The number of amides is 1. The predicted molar refractivity (Wildman–Crippen MR) is 79.2 cm³/mol. The SMILES string of the molecule is CCC(C)C(N)C(=O)Nc1cccc(NS(N)(=O)=O)c1. The van der Waals surface area contributed by atoms with E-state index >= 15 is 0 Å². The van der Waals surface area contributed by atoms with Crippen molar-refractivity contribution in [3.05, 3.63) is 24.3 Å². The van der Waals surface area contributed by atoms with Gasteiger partial charge in [0.2, 0.25) is 5.91 Å². The second kappa shape index (κ2) is 6.69. The minimum absolute atomic E-state index is 0.0562. The van der Waals surface area contributed by atoms with Gasteiger partial charge in [0.25, 0.3) is 10.2 Å². The molecule has 0 aromatic heterocycles. The van der Waals surface area contributed by atoms with Gasteiger partial charge in [-0.1, -0.05) is 26.3 Å². The van der Waals surface area contributed by atoms with Gasteiger partial charge in [0.05, 0.1) is 11.7 Å². The Balaban J connectivity index is 2.78. The van der Waals surface area contributed by atoms with E-state index in [4.69, 9.17) is 10.9 Å². The number of benzene rings is 1. The maximum Gasteiger partial charge on any atom is 0.296 e. The first-order valence-electron chi connectivity index (χ1n) is 6.20. The number of nitrogens with one attached hydrogen (secondary N) is 2. The summed E-state index contributed by atoms with van der Waals surface area (Å²) in [5, 5.41) is 7.52. The Hall–Kier alpha value is -1.64. The average Bonchev–Trinajstić information content (AvgIpc) is 2.35. The lowest BCUT2D eigenvalue weighted by molar-refractivity contribution is -0.118. The molecule has 0 aliphatic rings. The molecule has 1 amide bonds. The van der Waals surface area contributed by atoms with Gasteiger partial charge in [-0.25, -0.2) is 5.14 Å². The molecule has 2 atom stereocenters. The van der Waals surface area contributed by atoms with E-state index < -0.39 is 16.3 Å². The lowest BCUT2D eigenvalue weighted by atomic mass is 9.99. The average molecular weight is 300 g/mol. The standard InChI is InChI=1S/C12H20N4O3S/c1-3-8(2)11(13)12(17)15-9-5-4-6-10(7-9)16-20(14,18)19/h4-8,11,16H,3,13H2,1-2H3,(H,15,17)(H2,14,18,19). The summed E-state index contributed by atoms with van der Waals surface area (Å²) >= 11 is 0. The molecule has 0 fully saturated rings. The van der Waals surface area contributed by atoms with Crippen LogP contribution in [0.15, 0.2) is 24.3 Å². The van der Waals surface area contributed by atoms with E-state index in [1.54, 1.807) is 12.1 Å². The van der Waals surface area contributed by atoms with Crippen molar-refractivity contribution in [2.45, 2.75) is 26.3 Å². The Morgan fingerprint density at radius 2 is 1.95 bits per heavy atom. The van der Waals surface area contributed by atoms with E-state index in [2.05, 4.69) is 10.0 Å². The maximum atomic E-state index is 11.9. The van der Waals surface area contributed by atoms with Crippen molar-refractivity contribution in [1.29, 1.82) is 0 Å². The van der Waals surface area contributed by atoms with Crippen LogP contribution in [-0.2, 0) is 15.0 Å². The van der Waals surface area contributed by atoms with Crippen molar-refractivity contribution in [3.63, 3.8) is 0 Å². The van der Waals surface area contributed by atoms with Crippen LogP contribution in [0, 0.1) is 5.92 Å². The molecule has 0 radical (unpaired) electrons. The van der Waals surface area contributed by atoms with E-state index in [9.17, 15) is 13.2 Å².